The van der Waals surface area contributed by atoms with Crippen LogP contribution in [0.3, 0.4) is 0 Å². The maximum Gasteiger partial charge on any atom is 0.269 e. The molecular weight excluding hydrogens is 226 g/mol. The highest BCUT2D eigenvalue weighted by Crippen LogP contribution is 2.33. The highest BCUT2D eigenvalue weighted by atomic mass is 32.2. The smallest absolute Gasteiger partial charge is 0.269 e. The van der Waals surface area contributed by atoms with Crippen LogP contribution in [0.15, 0.2) is 12.0 Å². The quantitative estimate of drug-likeness (QED) is 0.364. The molecule has 2 rings (SSSR count). The number of thioether (sulfide) groups is 1. The lowest BCUT2D eigenvalue weighted by atomic mass is 10.0. The number of unbranched alkanes of at least 4 members (excludes halogenated alkanes) is 1. The number of fused-ring (bicyclic) bond motifs is 1. The summed E-state index contributed by atoms with van der Waals surface area (Å²) in [6.07, 6.45) is 4.15. The fraction of sp³-hybridized carbons (Fsp3) is 0.800. The number of nitrogens with one attached hydrogen (secondary N) is 2. The third-order valence-corrected chi connectivity index (χ3v) is 4.62. The van der Waals surface area contributed by atoms with Gasteiger partial charge in [-0.05, 0) is 25.3 Å². The van der Waals surface area contributed by atoms with Crippen molar-refractivity contribution in [2.45, 2.75) is 42.9 Å². The summed E-state index contributed by atoms with van der Waals surface area (Å²) in [6, 6.07) is 0.957. The molecule has 5 nitrogen and oxygen atoms in total. The van der Waals surface area contributed by atoms with E-state index in [1.165, 1.54) is 6.08 Å². The standard InChI is InChI=1S/C10H19N3O2S/c11-10-12-6-5-16-7(9(6)13-10)3-1-2-4-8(14)15/h4,6-7,9-10,12-15H,1-3,5,11H2/t6-,7-,9-,10?/m0/s1. The van der Waals surface area contributed by atoms with E-state index in [2.05, 4.69) is 10.6 Å². The van der Waals surface area contributed by atoms with E-state index in [0.29, 0.717) is 17.3 Å². The van der Waals surface area contributed by atoms with Gasteiger partial charge in [0.15, 0.2) is 0 Å². The fourth-order valence-corrected chi connectivity index (χ4v) is 3.94. The van der Waals surface area contributed by atoms with Gasteiger partial charge in [-0.25, -0.2) is 0 Å². The Hall–Kier alpha value is -0.430. The van der Waals surface area contributed by atoms with E-state index >= 15 is 0 Å². The Balaban J connectivity index is 1.72. The molecule has 2 heterocycles. The lowest BCUT2D eigenvalue weighted by molar-refractivity contribution is 0.189. The summed E-state index contributed by atoms with van der Waals surface area (Å²) >= 11 is 1.97. The van der Waals surface area contributed by atoms with Crippen molar-refractivity contribution in [1.82, 2.24) is 10.6 Å². The number of rotatable bonds is 4. The van der Waals surface area contributed by atoms with Crippen LogP contribution in [-0.2, 0) is 0 Å². The summed E-state index contributed by atoms with van der Waals surface area (Å²) in [6.45, 7) is 0. The van der Waals surface area contributed by atoms with Crippen molar-refractivity contribution in [3.8, 4) is 0 Å². The van der Waals surface area contributed by atoms with Gasteiger partial charge in [-0.3, -0.25) is 10.6 Å². The monoisotopic (exact) mass is 245 g/mol. The molecular formula is C10H19N3O2S. The highest BCUT2D eigenvalue weighted by molar-refractivity contribution is 8.00. The maximum absolute atomic E-state index is 8.60. The molecule has 0 saturated carbocycles. The van der Waals surface area contributed by atoms with Crippen LogP contribution in [0.2, 0.25) is 0 Å². The lowest BCUT2D eigenvalue weighted by Gasteiger charge is -2.17. The van der Waals surface area contributed by atoms with E-state index in [0.717, 1.165) is 25.0 Å². The van der Waals surface area contributed by atoms with Crippen LogP contribution in [0.5, 0.6) is 0 Å². The molecule has 92 valence electrons. The minimum absolute atomic E-state index is 0.0696. The summed E-state index contributed by atoms with van der Waals surface area (Å²) in [4.78, 5) is 0. The molecule has 2 aliphatic heterocycles. The van der Waals surface area contributed by atoms with Crippen LogP contribution >= 0.6 is 11.8 Å². The minimum Gasteiger partial charge on any atom is -0.481 e. The van der Waals surface area contributed by atoms with Crippen molar-refractivity contribution >= 4 is 11.8 Å². The molecule has 0 amide bonds. The molecule has 0 aliphatic carbocycles. The Bertz CT molecular complexity index is 271. The van der Waals surface area contributed by atoms with E-state index < -0.39 is 5.95 Å². The van der Waals surface area contributed by atoms with Crippen molar-refractivity contribution < 1.29 is 10.2 Å². The largest absolute Gasteiger partial charge is 0.481 e. The Morgan fingerprint density at radius 1 is 1.44 bits per heavy atom. The van der Waals surface area contributed by atoms with Gasteiger partial charge in [0.25, 0.3) is 5.95 Å². The number of hydrogen-bond donors (Lipinski definition) is 5. The average molecular weight is 245 g/mol. The van der Waals surface area contributed by atoms with Gasteiger partial charge in [0.05, 0.1) is 0 Å². The second-order valence-corrected chi connectivity index (χ2v) is 5.58. The maximum atomic E-state index is 8.60. The van der Waals surface area contributed by atoms with E-state index in [1.54, 1.807) is 0 Å². The molecule has 1 unspecified atom stereocenters. The third kappa shape index (κ3) is 2.82. The molecule has 0 spiro atoms. The van der Waals surface area contributed by atoms with Gasteiger partial charge in [-0.1, -0.05) is 0 Å². The number of nitrogens with two attached hydrogens (primary N) is 1. The normalized spacial score (nSPS) is 37.3. The first-order valence-electron chi connectivity index (χ1n) is 5.64. The molecule has 0 bridgehead atoms. The molecule has 0 aromatic rings. The van der Waals surface area contributed by atoms with Gasteiger partial charge in [0.1, 0.15) is 6.29 Å². The van der Waals surface area contributed by atoms with Gasteiger partial charge in [-0.2, -0.15) is 11.8 Å². The highest BCUT2D eigenvalue weighted by Gasteiger charge is 2.41. The van der Waals surface area contributed by atoms with Gasteiger partial charge in [0.2, 0.25) is 0 Å². The zero-order chi connectivity index (χ0) is 11.5. The second-order valence-electron chi connectivity index (χ2n) is 4.31. The first-order chi connectivity index (χ1) is 7.66. The first-order valence-corrected chi connectivity index (χ1v) is 6.69. The van der Waals surface area contributed by atoms with Crippen molar-refractivity contribution in [2.75, 3.05) is 5.75 Å². The van der Waals surface area contributed by atoms with Crippen LogP contribution in [0, 0.1) is 0 Å². The second kappa shape index (κ2) is 5.27. The molecule has 6 heteroatoms. The van der Waals surface area contributed by atoms with E-state index in [1.807, 2.05) is 11.8 Å². The summed E-state index contributed by atoms with van der Waals surface area (Å²) in [5.41, 5.74) is 5.77. The zero-order valence-electron chi connectivity index (χ0n) is 9.10. The van der Waals surface area contributed by atoms with Crippen molar-refractivity contribution in [2.24, 2.45) is 5.73 Å². The SMILES string of the molecule is NC1N[C@H]2[C@H](CS[C@H]2CCCC=C(O)O)N1. The predicted molar refractivity (Wildman–Crippen MR) is 65.3 cm³/mol. The van der Waals surface area contributed by atoms with Crippen LogP contribution in [0.25, 0.3) is 0 Å². The topological polar surface area (TPSA) is 90.5 Å². The van der Waals surface area contributed by atoms with Crippen LogP contribution in [0.4, 0.5) is 0 Å². The van der Waals surface area contributed by atoms with Gasteiger partial charge < -0.3 is 15.9 Å². The fourth-order valence-electron chi connectivity index (χ4n) is 2.37. The number of allylic oxidation sites excluding steroid dienone is 1. The molecule has 2 saturated heterocycles. The predicted octanol–water partition coefficient (Wildman–Crippen LogP) is 0.402. The lowest BCUT2D eigenvalue weighted by Crippen LogP contribution is -2.43. The molecule has 4 atom stereocenters. The molecule has 6 N–H and O–H groups in total. The summed E-state index contributed by atoms with van der Waals surface area (Å²) in [5.74, 6) is 0.538. The Kier molecular flexibility index (Phi) is 3.96. The van der Waals surface area contributed by atoms with Crippen molar-refractivity contribution in [3.63, 3.8) is 0 Å². The van der Waals surface area contributed by atoms with Crippen LogP contribution < -0.4 is 16.4 Å². The molecule has 0 aromatic heterocycles. The Morgan fingerprint density at radius 3 is 3.00 bits per heavy atom. The van der Waals surface area contributed by atoms with Crippen LogP contribution in [0.1, 0.15) is 19.3 Å². The molecule has 2 aliphatic rings. The van der Waals surface area contributed by atoms with E-state index in [9.17, 15) is 0 Å². The summed E-state index contributed by atoms with van der Waals surface area (Å²) in [5, 5.41) is 24.4. The van der Waals surface area contributed by atoms with E-state index in [-0.39, 0.29) is 6.29 Å². The molecule has 0 radical (unpaired) electrons. The number of aliphatic hydroxyl groups excluding tert-OH is 1. The number of hydrogen-bond acceptors (Lipinski definition) is 6. The van der Waals surface area contributed by atoms with Gasteiger partial charge >= 0.3 is 0 Å². The molecule has 16 heavy (non-hydrogen) atoms. The van der Waals surface area contributed by atoms with Crippen molar-refractivity contribution in [3.05, 3.63) is 12.0 Å². The summed E-state index contributed by atoms with van der Waals surface area (Å²) < 4.78 is 0. The van der Waals surface area contributed by atoms with Crippen LogP contribution in [-0.4, -0.2) is 39.6 Å². The molecule has 0 aromatic carbocycles. The Labute approximate surface area is 99.5 Å². The van der Waals surface area contributed by atoms with E-state index in [4.69, 9.17) is 15.9 Å². The van der Waals surface area contributed by atoms with Gasteiger partial charge in [0, 0.05) is 23.1 Å². The van der Waals surface area contributed by atoms with Crippen molar-refractivity contribution in [1.29, 1.82) is 0 Å². The molecule has 2 fully saturated rings. The zero-order valence-corrected chi connectivity index (χ0v) is 9.91. The Morgan fingerprint density at radius 2 is 2.25 bits per heavy atom. The number of aliphatic hydroxyl groups is 2. The third-order valence-electron chi connectivity index (χ3n) is 3.11. The summed E-state index contributed by atoms with van der Waals surface area (Å²) in [7, 11) is 0. The minimum atomic E-state index is -0.570. The average Bonchev–Trinajstić information content (AvgIpc) is 2.72. The first kappa shape index (κ1) is 12.0. The van der Waals surface area contributed by atoms with Gasteiger partial charge in [-0.15, -0.1) is 0 Å².